The van der Waals surface area contributed by atoms with E-state index in [1.54, 1.807) is 0 Å². The molecule has 0 bridgehead atoms. The van der Waals surface area contributed by atoms with Crippen LogP contribution in [0.2, 0.25) is 0 Å². The molecule has 1 nitrogen and oxygen atoms in total. The molecule has 2 heteroatoms. The van der Waals surface area contributed by atoms with Crippen molar-refractivity contribution >= 4 is 12.4 Å². The van der Waals surface area contributed by atoms with Gasteiger partial charge in [-0.25, -0.2) is 0 Å². The fourth-order valence-electron chi connectivity index (χ4n) is 0.554. The third-order valence-corrected chi connectivity index (χ3v) is 1.07. The third kappa shape index (κ3) is 11.7. The Kier molecular flexibility index (Phi) is 11.0. The molecule has 0 heterocycles. The minimum absolute atomic E-state index is 0. The molecule has 0 N–H and O–H groups in total. The summed E-state index contributed by atoms with van der Waals surface area (Å²) in [6.07, 6.45) is 4.73. The summed E-state index contributed by atoms with van der Waals surface area (Å²) in [5.41, 5.74) is 0. The molecule has 1 radical (unpaired) electrons. The maximum Gasteiger partial charge on any atom is -0.00221 e. The molecule has 0 aliphatic heterocycles. The van der Waals surface area contributed by atoms with Gasteiger partial charge in [0, 0.05) is 0 Å². The van der Waals surface area contributed by atoms with E-state index in [4.69, 9.17) is 0 Å². The first-order chi connectivity index (χ1) is 3.77. The average Bonchev–Trinajstić information content (AvgIpc) is 1.66. The van der Waals surface area contributed by atoms with Gasteiger partial charge in [-0.15, -0.1) is 12.4 Å². The molecule has 9 heavy (non-hydrogen) atoms. The first-order valence-electron chi connectivity index (χ1n) is 3.23. The van der Waals surface area contributed by atoms with Gasteiger partial charge in [0.05, 0.1) is 0 Å². The van der Waals surface area contributed by atoms with Crippen molar-refractivity contribution in [1.29, 1.82) is 0 Å². The van der Waals surface area contributed by atoms with Crippen molar-refractivity contribution in [2.45, 2.75) is 19.8 Å². The molecule has 0 atom stereocenters. The standard InChI is InChI=1S/C7H16N.ClH/c1-4-5-6-7-8(2)3;/h5H,4,6-7H2,1-3H3;1H. The summed E-state index contributed by atoms with van der Waals surface area (Å²) in [6.45, 7) is 3.36. The highest BCUT2D eigenvalue weighted by molar-refractivity contribution is 5.85. The van der Waals surface area contributed by atoms with Crippen LogP contribution >= 0.6 is 12.4 Å². The lowest BCUT2D eigenvalue weighted by Gasteiger charge is -2.06. The van der Waals surface area contributed by atoms with E-state index in [0.717, 1.165) is 0 Å². The van der Waals surface area contributed by atoms with Gasteiger partial charge in [0.1, 0.15) is 0 Å². The largest absolute Gasteiger partial charge is 0.309 e. The minimum atomic E-state index is 0. The van der Waals surface area contributed by atoms with Gasteiger partial charge in [-0.2, -0.15) is 0 Å². The summed E-state index contributed by atoms with van der Waals surface area (Å²) in [6, 6.07) is 0. The van der Waals surface area contributed by atoms with Crippen LogP contribution in [0.1, 0.15) is 19.8 Å². The number of hydrogen-bond donors (Lipinski definition) is 0. The second kappa shape index (κ2) is 8.25. The summed E-state index contributed by atoms with van der Waals surface area (Å²) >= 11 is 0. The molecular weight excluding hydrogens is 134 g/mol. The monoisotopic (exact) mass is 150 g/mol. The molecule has 0 aliphatic rings. The van der Waals surface area contributed by atoms with Gasteiger partial charge < -0.3 is 4.90 Å². The Labute approximate surface area is 64.8 Å². The van der Waals surface area contributed by atoms with Crippen LogP contribution in [-0.4, -0.2) is 25.5 Å². The molecule has 0 fully saturated rings. The van der Waals surface area contributed by atoms with Gasteiger partial charge in [0.15, 0.2) is 0 Å². The number of unbranched alkanes of at least 4 members (excludes halogenated alkanes) is 2. The lowest BCUT2D eigenvalue weighted by molar-refractivity contribution is 0.410. The van der Waals surface area contributed by atoms with Crippen molar-refractivity contribution in [2.75, 3.05) is 20.6 Å². The van der Waals surface area contributed by atoms with E-state index in [1.807, 2.05) is 0 Å². The average molecular weight is 151 g/mol. The zero-order chi connectivity index (χ0) is 6.41. The Morgan fingerprint density at radius 2 is 1.89 bits per heavy atom. The molecule has 57 valence electrons. The molecule has 0 rings (SSSR count). The Bertz CT molecular complexity index is 46.2. The summed E-state index contributed by atoms with van der Waals surface area (Å²) in [7, 11) is 4.20. The van der Waals surface area contributed by atoms with Crippen molar-refractivity contribution in [3.05, 3.63) is 6.42 Å². The van der Waals surface area contributed by atoms with E-state index in [2.05, 4.69) is 32.3 Å². The molecule has 0 saturated carbocycles. The lowest BCUT2D eigenvalue weighted by Crippen LogP contribution is -2.12. The first kappa shape index (κ1) is 12.0. The Morgan fingerprint density at radius 3 is 2.22 bits per heavy atom. The highest BCUT2D eigenvalue weighted by Gasteiger charge is 1.86. The second-order valence-corrected chi connectivity index (χ2v) is 2.29. The molecule has 0 aliphatic carbocycles. The molecule has 0 aromatic rings. The van der Waals surface area contributed by atoms with Crippen LogP contribution in [0, 0.1) is 6.42 Å². The topological polar surface area (TPSA) is 3.24 Å². The van der Waals surface area contributed by atoms with E-state index in [9.17, 15) is 0 Å². The first-order valence-corrected chi connectivity index (χ1v) is 3.23. The Balaban J connectivity index is 0. The van der Waals surface area contributed by atoms with E-state index < -0.39 is 0 Å². The summed E-state index contributed by atoms with van der Waals surface area (Å²) in [5, 5.41) is 0. The molecule has 0 amide bonds. The van der Waals surface area contributed by atoms with E-state index >= 15 is 0 Å². The zero-order valence-corrected chi connectivity index (χ0v) is 7.37. The Morgan fingerprint density at radius 1 is 1.33 bits per heavy atom. The number of nitrogens with zero attached hydrogens (tertiary/aromatic N) is 1. The zero-order valence-electron chi connectivity index (χ0n) is 6.55. The van der Waals surface area contributed by atoms with Crippen molar-refractivity contribution in [2.24, 2.45) is 0 Å². The fraction of sp³-hybridized carbons (Fsp3) is 0.857. The lowest BCUT2D eigenvalue weighted by atomic mass is 10.2. The van der Waals surface area contributed by atoms with E-state index in [1.165, 1.54) is 19.4 Å². The van der Waals surface area contributed by atoms with Gasteiger partial charge in [0.25, 0.3) is 0 Å². The van der Waals surface area contributed by atoms with E-state index in [0.29, 0.717) is 0 Å². The molecular formula is C7H17ClN. The van der Waals surface area contributed by atoms with Crippen LogP contribution in [0.4, 0.5) is 0 Å². The van der Waals surface area contributed by atoms with E-state index in [-0.39, 0.29) is 12.4 Å². The quantitative estimate of drug-likeness (QED) is 0.554. The number of rotatable bonds is 4. The number of hydrogen-bond acceptors (Lipinski definition) is 1. The molecule has 0 spiro atoms. The fourth-order valence-corrected chi connectivity index (χ4v) is 0.554. The maximum atomic E-state index is 2.31. The predicted molar refractivity (Wildman–Crippen MR) is 45.0 cm³/mol. The van der Waals surface area contributed by atoms with Crippen LogP contribution in [0.25, 0.3) is 0 Å². The summed E-state index contributed by atoms with van der Waals surface area (Å²) in [5.74, 6) is 0. The Hall–Kier alpha value is 0.250. The van der Waals surface area contributed by atoms with Crippen molar-refractivity contribution in [3.8, 4) is 0 Å². The SMILES string of the molecule is CC[CH]CCN(C)C.Cl. The van der Waals surface area contributed by atoms with Crippen molar-refractivity contribution < 1.29 is 0 Å². The highest BCUT2D eigenvalue weighted by Crippen LogP contribution is 1.91. The second-order valence-electron chi connectivity index (χ2n) is 2.29. The maximum absolute atomic E-state index is 2.31. The van der Waals surface area contributed by atoms with Gasteiger partial charge >= 0.3 is 0 Å². The van der Waals surface area contributed by atoms with Gasteiger partial charge in [-0.1, -0.05) is 13.3 Å². The van der Waals surface area contributed by atoms with Crippen LogP contribution in [-0.2, 0) is 0 Å². The van der Waals surface area contributed by atoms with Crippen molar-refractivity contribution in [3.63, 3.8) is 0 Å². The van der Waals surface area contributed by atoms with Crippen LogP contribution in [0.3, 0.4) is 0 Å². The number of halogens is 1. The molecule has 0 aromatic heterocycles. The van der Waals surface area contributed by atoms with Crippen LogP contribution in [0.15, 0.2) is 0 Å². The summed E-state index contributed by atoms with van der Waals surface area (Å²) in [4.78, 5) is 2.20. The molecule has 0 saturated heterocycles. The molecule has 0 aromatic carbocycles. The normalized spacial score (nSPS) is 9.33. The van der Waals surface area contributed by atoms with Crippen LogP contribution < -0.4 is 0 Å². The van der Waals surface area contributed by atoms with Gasteiger partial charge in [-0.3, -0.25) is 0 Å². The summed E-state index contributed by atoms with van der Waals surface area (Å²) < 4.78 is 0. The minimum Gasteiger partial charge on any atom is -0.309 e. The van der Waals surface area contributed by atoms with Crippen molar-refractivity contribution in [1.82, 2.24) is 4.90 Å². The molecule has 0 unspecified atom stereocenters. The highest BCUT2D eigenvalue weighted by atomic mass is 35.5. The smallest absolute Gasteiger partial charge is 0.00221 e. The van der Waals surface area contributed by atoms with Gasteiger partial charge in [-0.05, 0) is 33.5 Å². The van der Waals surface area contributed by atoms with Crippen LogP contribution in [0.5, 0.6) is 0 Å². The third-order valence-electron chi connectivity index (χ3n) is 1.07. The predicted octanol–water partition coefficient (Wildman–Crippen LogP) is 1.97. The van der Waals surface area contributed by atoms with Gasteiger partial charge in [0.2, 0.25) is 0 Å².